The largest absolute Gasteiger partial charge is 0.322 e. The van der Waals surface area contributed by atoms with Crippen LogP contribution in [0.1, 0.15) is 38.8 Å². The summed E-state index contributed by atoms with van der Waals surface area (Å²) in [6.07, 6.45) is 1.16. The Morgan fingerprint density at radius 1 is 0.800 bits per heavy atom. The van der Waals surface area contributed by atoms with Gasteiger partial charge in [0.2, 0.25) is 10.0 Å². The van der Waals surface area contributed by atoms with Gasteiger partial charge in [-0.05, 0) is 72.6 Å². The van der Waals surface area contributed by atoms with Crippen LogP contribution in [0.25, 0.3) is 0 Å². The van der Waals surface area contributed by atoms with Crippen LogP contribution in [0, 0.1) is 0 Å². The molecule has 0 radical (unpaired) electrons. The minimum Gasteiger partial charge on any atom is -0.322 e. The Balaban J connectivity index is 1.40. The molecule has 4 aromatic rings. The lowest BCUT2D eigenvalue weighted by molar-refractivity contribution is 0.0954. The molecule has 0 aliphatic rings. The van der Waals surface area contributed by atoms with Crippen molar-refractivity contribution in [3.05, 3.63) is 130 Å². The second-order valence-electron chi connectivity index (χ2n) is 8.99. The van der Waals surface area contributed by atoms with E-state index in [2.05, 4.69) is 15.8 Å². The van der Waals surface area contributed by atoms with Gasteiger partial charge in [0, 0.05) is 21.8 Å². The lowest BCUT2D eigenvalue weighted by Crippen LogP contribution is -2.29. The van der Waals surface area contributed by atoms with Crippen molar-refractivity contribution in [1.29, 1.82) is 0 Å². The van der Waals surface area contributed by atoms with Gasteiger partial charge in [0.15, 0.2) is 0 Å². The SMILES string of the molecule is C/C(=N\NC(=O)c1ccc(CN(c2ccccc2)S(C)(=O)=O)cc1)c1cccc(NC(=O)c2cccc(Cl)c2)c1. The van der Waals surface area contributed by atoms with E-state index < -0.39 is 15.9 Å². The molecule has 0 heterocycles. The molecule has 0 fully saturated rings. The third kappa shape index (κ3) is 7.56. The Labute approximate surface area is 238 Å². The highest BCUT2D eigenvalue weighted by atomic mass is 35.5. The molecule has 8 nitrogen and oxygen atoms in total. The van der Waals surface area contributed by atoms with Crippen molar-refractivity contribution in [3.63, 3.8) is 0 Å². The standard InChI is InChI=1S/C30H27ClN4O4S/c1-21(24-8-7-11-27(19-24)32-29(36)25-9-6-10-26(31)18-25)33-34-30(37)23-16-14-22(15-17-23)20-35(40(2,38)39)28-12-4-3-5-13-28/h3-19H,20H2,1-2H3,(H,32,36)(H,34,37)/b33-21+. The van der Waals surface area contributed by atoms with E-state index >= 15 is 0 Å². The maximum atomic E-state index is 12.7. The Hall–Kier alpha value is -4.47. The lowest BCUT2D eigenvalue weighted by Gasteiger charge is -2.22. The summed E-state index contributed by atoms with van der Waals surface area (Å²) in [5.41, 5.74) is 6.44. The Bertz CT molecular complexity index is 1660. The highest BCUT2D eigenvalue weighted by Crippen LogP contribution is 2.20. The number of hydrogen-bond donors (Lipinski definition) is 2. The van der Waals surface area contributed by atoms with Crippen LogP contribution in [0.5, 0.6) is 0 Å². The molecular formula is C30H27ClN4O4S. The number of sulfonamides is 1. The van der Waals surface area contributed by atoms with Gasteiger partial charge < -0.3 is 5.32 Å². The summed E-state index contributed by atoms with van der Waals surface area (Å²) in [7, 11) is -3.51. The minimum absolute atomic E-state index is 0.131. The molecule has 10 heteroatoms. The number of para-hydroxylation sites is 1. The third-order valence-corrected chi connectivity index (χ3v) is 7.31. The molecule has 0 bridgehead atoms. The van der Waals surface area contributed by atoms with Gasteiger partial charge in [-0.1, -0.05) is 60.1 Å². The van der Waals surface area contributed by atoms with Gasteiger partial charge in [0.25, 0.3) is 11.8 Å². The van der Waals surface area contributed by atoms with Gasteiger partial charge in [-0.3, -0.25) is 13.9 Å². The number of carbonyl (C=O) groups is 2. The predicted molar refractivity (Wildman–Crippen MR) is 159 cm³/mol. The molecule has 0 aliphatic heterocycles. The number of rotatable bonds is 9. The Morgan fingerprint density at radius 3 is 2.15 bits per heavy atom. The van der Waals surface area contributed by atoms with Crippen LogP contribution < -0.4 is 15.0 Å². The molecule has 0 aliphatic carbocycles. The second kappa shape index (κ2) is 12.6. The molecule has 2 N–H and O–H groups in total. The fourth-order valence-electron chi connectivity index (χ4n) is 3.84. The summed E-state index contributed by atoms with van der Waals surface area (Å²) in [5, 5.41) is 7.50. The molecule has 2 amide bonds. The first-order valence-electron chi connectivity index (χ1n) is 12.2. The fraction of sp³-hybridized carbons (Fsp3) is 0.100. The Morgan fingerprint density at radius 2 is 1.48 bits per heavy atom. The van der Waals surface area contributed by atoms with E-state index in [0.717, 1.165) is 11.8 Å². The van der Waals surface area contributed by atoms with Gasteiger partial charge in [-0.25, -0.2) is 13.8 Å². The molecule has 0 unspecified atom stereocenters. The first-order valence-corrected chi connectivity index (χ1v) is 14.5. The number of nitrogens with zero attached hydrogens (tertiary/aromatic N) is 2. The normalized spacial score (nSPS) is 11.5. The van der Waals surface area contributed by atoms with Crippen LogP contribution in [0.3, 0.4) is 0 Å². The number of benzene rings is 4. The van der Waals surface area contributed by atoms with E-state index in [9.17, 15) is 18.0 Å². The summed E-state index contributed by atoms with van der Waals surface area (Å²) < 4.78 is 26.0. The zero-order valence-corrected chi connectivity index (χ0v) is 23.4. The average molecular weight is 575 g/mol. The summed E-state index contributed by atoms with van der Waals surface area (Å²) in [4.78, 5) is 25.2. The molecular weight excluding hydrogens is 548 g/mol. The summed E-state index contributed by atoms with van der Waals surface area (Å²) in [6, 6.07) is 29.2. The second-order valence-corrected chi connectivity index (χ2v) is 11.3. The van der Waals surface area contributed by atoms with Crippen LogP contribution in [-0.2, 0) is 16.6 Å². The first-order chi connectivity index (χ1) is 19.1. The zero-order chi connectivity index (χ0) is 28.7. The highest BCUT2D eigenvalue weighted by Gasteiger charge is 2.18. The van der Waals surface area contributed by atoms with Crippen molar-refractivity contribution in [1.82, 2.24) is 5.43 Å². The van der Waals surface area contributed by atoms with Crippen molar-refractivity contribution in [2.45, 2.75) is 13.5 Å². The minimum atomic E-state index is -3.51. The van der Waals surface area contributed by atoms with Crippen molar-refractivity contribution in [2.75, 3.05) is 15.9 Å². The van der Waals surface area contributed by atoms with Gasteiger partial charge >= 0.3 is 0 Å². The topological polar surface area (TPSA) is 108 Å². The third-order valence-electron chi connectivity index (χ3n) is 5.94. The quantitative estimate of drug-likeness (QED) is 0.197. The number of hydrazone groups is 1. The van der Waals surface area contributed by atoms with Crippen molar-refractivity contribution in [3.8, 4) is 0 Å². The van der Waals surface area contributed by atoms with Crippen LogP contribution in [0.2, 0.25) is 5.02 Å². The van der Waals surface area contributed by atoms with E-state index in [1.165, 1.54) is 4.31 Å². The molecule has 0 spiro atoms. The molecule has 0 saturated carbocycles. The number of hydrogen-bond acceptors (Lipinski definition) is 5. The Kier molecular flexibility index (Phi) is 8.98. The van der Waals surface area contributed by atoms with Gasteiger partial charge in [0.05, 0.1) is 24.2 Å². The number of nitrogens with one attached hydrogen (secondary N) is 2. The molecule has 4 aromatic carbocycles. The average Bonchev–Trinajstić information content (AvgIpc) is 2.94. The number of halogens is 1. The van der Waals surface area contributed by atoms with Gasteiger partial charge in [-0.2, -0.15) is 5.10 Å². The molecule has 4 rings (SSSR count). The van der Waals surface area contributed by atoms with E-state index in [-0.39, 0.29) is 12.5 Å². The van der Waals surface area contributed by atoms with Crippen LogP contribution >= 0.6 is 11.6 Å². The predicted octanol–water partition coefficient (Wildman–Crippen LogP) is 5.71. The van der Waals surface area contributed by atoms with Crippen LogP contribution in [0.4, 0.5) is 11.4 Å². The van der Waals surface area contributed by atoms with Crippen molar-refractivity contribution >= 4 is 50.5 Å². The van der Waals surface area contributed by atoms with E-state index in [1.54, 1.807) is 97.9 Å². The highest BCUT2D eigenvalue weighted by molar-refractivity contribution is 7.92. The number of anilines is 2. The molecule has 0 saturated heterocycles. The first kappa shape index (κ1) is 28.5. The van der Waals surface area contributed by atoms with E-state index in [1.807, 2.05) is 12.1 Å². The van der Waals surface area contributed by atoms with Crippen LogP contribution in [0.15, 0.2) is 108 Å². The molecule has 0 atom stereocenters. The van der Waals surface area contributed by atoms with Crippen LogP contribution in [-0.4, -0.2) is 32.2 Å². The summed E-state index contributed by atoms with van der Waals surface area (Å²) >= 11 is 5.98. The maximum Gasteiger partial charge on any atom is 0.271 e. The van der Waals surface area contributed by atoms with E-state index in [4.69, 9.17) is 11.6 Å². The number of carbonyl (C=O) groups excluding carboxylic acids is 2. The maximum absolute atomic E-state index is 12.7. The monoisotopic (exact) mass is 574 g/mol. The van der Waals surface area contributed by atoms with Gasteiger partial charge in [0.1, 0.15) is 0 Å². The summed E-state index contributed by atoms with van der Waals surface area (Å²) in [5.74, 6) is -0.714. The van der Waals surface area contributed by atoms with Gasteiger partial charge in [-0.15, -0.1) is 0 Å². The zero-order valence-electron chi connectivity index (χ0n) is 21.8. The van der Waals surface area contributed by atoms with Crippen molar-refractivity contribution in [2.24, 2.45) is 5.10 Å². The lowest BCUT2D eigenvalue weighted by atomic mass is 10.1. The van der Waals surface area contributed by atoms with E-state index in [0.29, 0.717) is 38.8 Å². The molecule has 0 aromatic heterocycles. The smallest absolute Gasteiger partial charge is 0.271 e. The molecule has 204 valence electrons. The summed E-state index contributed by atoms with van der Waals surface area (Å²) in [6.45, 7) is 1.87. The fourth-order valence-corrected chi connectivity index (χ4v) is 4.92. The molecule has 40 heavy (non-hydrogen) atoms. The van der Waals surface area contributed by atoms with Crippen molar-refractivity contribution < 1.29 is 18.0 Å². The number of amides is 2.